The summed E-state index contributed by atoms with van der Waals surface area (Å²) in [5.41, 5.74) is 9.31. The van der Waals surface area contributed by atoms with Crippen LogP contribution in [0.1, 0.15) is 295 Å². The van der Waals surface area contributed by atoms with E-state index in [9.17, 15) is 0 Å². The van der Waals surface area contributed by atoms with Crippen molar-refractivity contribution < 1.29 is 415 Å². The van der Waals surface area contributed by atoms with E-state index in [1.807, 2.05) is 182 Å². The Balaban J connectivity index is -0.0000000122. The summed E-state index contributed by atoms with van der Waals surface area (Å²) in [6, 6.07) is 6.39. The molecule has 0 saturated carbocycles. The molecule has 0 spiro atoms. The largest absolute Gasteiger partial charge is 3.00 e. The molecule has 8 radical (unpaired) electrons. The van der Waals surface area contributed by atoms with Crippen molar-refractivity contribution in [1.82, 2.24) is 28.4 Å². The second kappa shape index (κ2) is 195. The number of nitrogens with zero attached hydrogens (tertiary/aromatic N) is 10. The van der Waals surface area contributed by atoms with Gasteiger partial charge in [0.1, 0.15) is 24.1 Å². The summed E-state index contributed by atoms with van der Waals surface area (Å²) in [5.74, 6) is 6.96. The standard InChI is InChI=1S/C12H17N2.C11H20N2.C10H19N2.C9H16NO.3C3H9N.C3H8.7C2H6.8CH4.11CH3.12Y/c1-4-10-11-8-6-7-9-14(11)12(5-2)13(10)3;1-8(2)7-11-12(5)9(3)10(4)13(11)6;1-6-9-8(3)11(4)10(7-2)12(9)5;1-5-8-7(3)11-9(6-2)10(8)4;3*1-4(2)3;1-3-2;7*1-2;;;;;;;;;;;;;;;;;;;;;;;;;;;;;;;/h6-9H,4-5H2,1-3H3;8H,3,7H2,1-2,4-6H3;6-7H2,1-5H3;5-6H2,1-4H3;3*1-3H3;3H2,1-2H3;7*1-2H3;8*1H4;11*1H3;;;;;;;;;;;;/q+1;;2*+1;;;;;;;;;;;;;;;;;;;;11*-1;;;;;;;;;4*+3. The minimum absolute atomic E-state index is 0. The molecule has 0 amide bonds. The second-order valence-electron chi connectivity index (χ2n) is 18.5. The van der Waals surface area contributed by atoms with Gasteiger partial charge >= 0.3 is 137 Å². The van der Waals surface area contributed by atoms with Crippen molar-refractivity contribution in [3.63, 3.8) is 0 Å². The van der Waals surface area contributed by atoms with E-state index in [-0.39, 0.29) is 534 Å². The van der Waals surface area contributed by atoms with Gasteiger partial charge in [0.25, 0.3) is 11.6 Å². The molecule has 0 fully saturated rings. The SMILES string of the molecule is C.C.C.C.C.C.C.C.CC.CC.CC.CC.CC.CC.CC.CCC.CCc1c(C)n(C)c(CC)[n+]1C.CCc1c2cccc[n+]2c(CC)n1C.CCc1oc(C)c(CC)[n+]1C.CN(C)C.CN(C)C.CN(C)C.[CH2-]c1c(C)[n+](C)c(CC(C)C)n1C.[CH3-].[CH3-].[CH3-].[CH3-].[CH3-].[CH3-].[CH3-].[CH3-].[CH3-].[CH3-].[CH3-].[Y+3].[Y+3].[Y+3].[Y+3].[Y].[Y].[Y].[Y].[Y].[Y].[Y].[Y]. The smallest absolute Gasteiger partial charge is 0.407 e. The number of hydrogen-bond acceptors (Lipinski definition) is 4. The van der Waals surface area contributed by atoms with Crippen molar-refractivity contribution in [3.05, 3.63) is 176 Å². The Kier molecular flexibility index (Phi) is 483. The molecule has 5 rings (SSSR count). The molecule has 5 heterocycles. The zero-order valence-electron chi connectivity index (χ0n) is 80.1. The maximum absolute atomic E-state index is 5.55. The summed E-state index contributed by atoms with van der Waals surface area (Å²) in [4.78, 5) is 6.00. The number of aromatic nitrogens is 7. The molecule has 5 aromatic rings. The van der Waals surface area contributed by atoms with Gasteiger partial charge in [-0.1, -0.05) is 245 Å². The van der Waals surface area contributed by atoms with Crippen LogP contribution >= 0.6 is 0 Å². The summed E-state index contributed by atoms with van der Waals surface area (Å²) >= 11 is 0. The summed E-state index contributed by atoms with van der Waals surface area (Å²) < 4.78 is 21.3. The number of rotatable bonds is 8. The Labute approximate surface area is 1020 Å². The molecule has 0 aliphatic rings. The van der Waals surface area contributed by atoms with Crippen molar-refractivity contribution in [3.8, 4) is 0 Å². The van der Waals surface area contributed by atoms with Crippen molar-refractivity contribution in [2.24, 2.45) is 48.2 Å². The molecule has 0 saturated heterocycles. The predicted molar refractivity (Wildman–Crippen MR) is 484 cm³/mol. The zero-order valence-corrected chi connectivity index (χ0v) is 114. The van der Waals surface area contributed by atoms with Gasteiger partial charge < -0.3 is 105 Å². The van der Waals surface area contributed by atoms with Crippen LogP contribution in [0.25, 0.3) is 5.52 Å². The summed E-state index contributed by atoms with van der Waals surface area (Å²) in [6.07, 6.45) is 10.9. The average Bonchev–Trinajstić information content (AvgIpc) is 4.03. The van der Waals surface area contributed by atoms with Gasteiger partial charge in [-0.2, -0.15) is 15.9 Å². The van der Waals surface area contributed by atoms with Crippen LogP contribution in [0.5, 0.6) is 0 Å². The number of fused-ring (bicyclic) bond motifs is 1. The topological polar surface area (TPSA) is 53.4 Å². The molecule has 650 valence electrons. The van der Waals surface area contributed by atoms with Gasteiger partial charge in [-0.25, -0.2) is 13.7 Å². The van der Waals surface area contributed by atoms with Crippen molar-refractivity contribution in [1.29, 1.82) is 0 Å². The van der Waals surface area contributed by atoms with Crippen LogP contribution < -0.4 is 18.1 Å². The zero-order chi connectivity index (χ0) is 65.5. The van der Waals surface area contributed by atoms with Gasteiger partial charge in [-0.05, 0) is 87.2 Å². The van der Waals surface area contributed by atoms with Gasteiger partial charge in [0.2, 0.25) is 11.5 Å². The third kappa shape index (κ3) is 135. The van der Waals surface area contributed by atoms with Gasteiger partial charge in [-0.3, -0.25) is 4.57 Å². The number of pyridine rings is 1. The molecule has 5 aromatic heterocycles. The Bertz CT molecular complexity index is 1950. The number of imidazole rings is 3. The van der Waals surface area contributed by atoms with Crippen LogP contribution in [0.2, 0.25) is 0 Å². The first-order chi connectivity index (χ1) is 37.2. The Morgan fingerprint density at radius 3 is 0.836 bits per heavy atom. The minimum atomic E-state index is 0. The van der Waals surface area contributed by atoms with Crippen LogP contribution in [0.15, 0.2) is 28.8 Å². The van der Waals surface area contributed by atoms with Crippen LogP contribution in [0, 0.1) is 115 Å². The van der Waals surface area contributed by atoms with E-state index in [1.54, 1.807) is 0 Å². The molecule has 0 atom stereocenters. The van der Waals surface area contributed by atoms with Crippen molar-refractivity contribution in [2.45, 2.75) is 298 Å². The third-order valence-corrected chi connectivity index (χ3v) is 10.4. The molecule has 0 aliphatic heterocycles. The summed E-state index contributed by atoms with van der Waals surface area (Å²) in [7, 11) is 30.7. The first-order valence-corrected chi connectivity index (χ1v) is 31.3. The van der Waals surface area contributed by atoms with E-state index in [0.29, 0.717) is 5.92 Å². The molecule has 0 unspecified atom stereocenters. The van der Waals surface area contributed by atoms with E-state index in [4.69, 9.17) is 4.42 Å². The fraction of sp³-hybridized carbons (Fsp3) is 0.678. The molecule has 0 aliphatic carbocycles. The quantitative estimate of drug-likeness (QED) is 0.115. The fourth-order valence-electron chi connectivity index (χ4n) is 7.33. The van der Waals surface area contributed by atoms with E-state index < -0.39 is 0 Å². The molecule has 110 heavy (non-hydrogen) atoms. The first-order valence-electron chi connectivity index (χ1n) is 31.3. The molecular formula is C87H214N10OY12+4. The summed E-state index contributed by atoms with van der Waals surface area (Å²) in [5, 5.41) is 0. The Hall–Kier alpha value is 9.32. The van der Waals surface area contributed by atoms with E-state index >= 15 is 0 Å². The van der Waals surface area contributed by atoms with E-state index in [0.717, 1.165) is 62.3 Å². The monoisotopic (exact) mass is 2480 g/mol. The molecule has 11 nitrogen and oxygen atoms in total. The fourth-order valence-corrected chi connectivity index (χ4v) is 7.33. The number of hydrogen-bond donors (Lipinski definition) is 0. The minimum Gasteiger partial charge on any atom is -0.407 e. The predicted octanol–water partition coefficient (Wildman–Crippen LogP) is 25.4. The van der Waals surface area contributed by atoms with Crippen LogP contribution in [-0.2, 0) is 480 Å². The van der Waals surface area contributed by atoms with Gasteiger partial charge in [0, 0.05) is 320 Å². The van der Waals surface area contributed by atoms with E-state index in [1.165, 1.54) is 57.9 Å². The molecular weight excluding hydrogens is 2270 g/mol. The number of aryl methyl sites for hydroxylation is 4. The van der Waals surface area contributed by atoms with Crippen molar-refractivity contribution >= 4 is 5.52 Å². The maximum atomic E-state index is 5.55. The van der Waals surface area contributed by atoms with Gasteiger partial charge in [0.15, 0.2) is 11.3 Å². The second-order valence-corrected chi connectivity index (χ2v) is 18.5. The molecule has 0 N–H and O–H groups in total. The van der Waals surface area contributed by atoms with Gasteiger partial charge in [0.05, 0.1) is 47.9 Å². The molecule has 23 heteroatoms. The Morgan fingerprint density at radius 1 is 0.391 bits per heavy atom. The normalized spacial score (nSPS) is 6.49. The van der Waals surface area contributed by atoms with Crippen LogP contribution in [0.3, 0.4) is 0 Å². The Morgan fingerprint density at radius 2 is 0.664 bits per heavy atom. The van der Waals surface area contributed by atoms with Crippen LogP contribution in [-0.4, -0.2) is 91.8 Å². The summed E-state index contributed by atoms with van der Waals surface area (Å²) in [6.45, 7) is 60.2. The van der Waals surface area contributed by atoms with Crippen LogP contribution in [0.4, 0.5) is 0 Å². The molecule has 0 bridgehead atoms. The van der Waals surface area contributed by atoms with Gasteiger partial charge in [-0.15, -0.1) is 0 Å². The first kappa shape index (κ1) is 272. The molecule has 0 aromatic carbocycles. The number of oxazole rings is 1. The maximum Gasteiger partial charge on any atom is 3.00 e. The third-order valence-electron chi connectivity index (χ3n) is 10.4. The average molecular weight is 2480 g/mol. The van der Waals surface area contributed by atoms with E-state index in [2.05, 4.69) is 188 Å². The van der Waals surface area contributed by atoms with Crippen molar-refractivity contribution in [2.75, 3.05) is 63.4 Å².